The molecule has 0 aliphatic heterocycles. The van der Waals surface area contributed by atoms with Gasteiger partial charge in [0.25, 0.3) is 0 Å². The van der Waals surface area contributed by atoms with Crippen molar-refractivity contribution in [1.82, 2.24) is 4.98 Å². The Kier molecular flexibility index (Phi) is 3.38. The fourth-order valence-corrected chi connectivity index (χ4v) is 3.02. The molecule has 3 rings (SSSR count). The lowest BCUT2D eigenvalue weighted by Crippen LogP contribution is -2.15. The van der Waals surface area contributed by atoms with Crippen LogP contribution in [0.3, 0.4) is 0 Å². The molecule has 0 saturated carbocycles. The zero-order valence-electron chi connectivity index (χ0n) is 10.4. The molecular formula is C15H10BrF2NO. The van der Waals surface area contributed by atoms with Crippen LogP contribution in [0, 0.1) is 11.6 Å². The fourth-order valence-electron chi connectivity index (χ4n) is 2.62. The number of halogens is 3. The van der Waals surface area contributed by atoms with Crippen LogP contribution >= 0.6 is 15.9 Å². The lowest BCUT2D eigenvalue weighted by Gasteiger charge is -2.11. The second kappa shape index (κ2) is 5.05. The summed E-state index contributed by atoms with van der Waals surface area (Å²) in [5, 5.41) is 0. The average molecular weight is 338 g/mol. The number of carbonyl (C=O) groups is 1. The number of hydrogen-bond acceptors (Lipinski definition) is 2. The van der Waals surface area contributed by atoms with Gasteiger partial charge in [-0.05, 0) is 36.6 Å². The van der Waals surface area contributed by atoms with E-state index >= 15 is 0 Å². The van der Waals surface area contributed by atoms with Crippen molar-refractivity contribution < 1.29 is 13.6 Å². The Morgan fingerprint density at radius 1 is 1.30 bits per heavy atom. The Hall–Kier alpha value is -1.62. The Labute approximate surface area is 123 Å². The number of benzene rings is 1. The highest BCUT2D eigenvalue weighted by Gasteiger charge is 2.33. The van der Waals surface area contributed by atoms with E-state index in [-0.39, 0.29) is 4.47 Å². The Morgan fingerprint density at radius 2 is 2.00 bits per heavy atom. The first-order chi connectivity index (χ1) is 9.58. The van der Waals surface area contributed by atoms with E-state index in [0.29, 0.717) is 18.5 Å². The Bertz CT molecular complexity index is 679. The van der Waals surface area contributed by atoms with Gasteiger partial charge in [0.05, 0.1) is 17.2 Å². The van der Waals surface area contributed by atoms with Crippen molar-refractivity contribution in [2.24, 2.45) is 0 Å². The van der Waals surface area contributed by atoms with E-state index in [2.05, 4.69) is 20.9 Å². The molecule has 2 nitrogen and oxygen atoms in total. The molecule has 0 N–H and O–H groups in total. The summed E-state index contributed by atoms with van der Waals surface area (Å²) in [6.07, 6.45) is 2.85. The number of fused-ring (bicyclic) bond motifs is 1. The third kappa shape index (κ3) is 2.16. The van der Waals surface area contributed by atoms with Crippen LogP contribution in [0.25, 0.3) is 0 Å². The van der Waals surface area contributed by atoms with Crippen molar-refractivity contribution in [2.75, 3.05) is 0 Å². The van der Waals surface area contributed by atoms with Crippen molar-refractivity contribution in [1.29, 1.82) is 0 Å². The van der Waals surface area contributed by atoms with Gasteiger partial charge in [-0.2, -0.15) is 0 Å². The van der Waals surface area contributed by atoms with Crippen LogP contribution in [-0.4, -0.2) is 10.8 Å². The van der Waals surface area contributed by atoms with Crippen LogP contribution in [0.4, 0.5) is 8.78 Å². The number of nitrogens with zero attached hydrogens (tertiary/aromatic N) is 1. The predicted molar refractivity (Wildman–Crippen MR) is 73.7 cm³/mol. The van der Waals surface area contributed by atoms with Gasteiger partial charge in [0.15, 0.2) is 5.78 Å². The van der Waals surface area contributed by atoms with Gasteiger partial charge in [0.2, 0.25) is 0 Å². The Morgan fingerprint density at radius 3 is 2.70 bits per heavy atom. The van der Waals surface area contributed by atoms with Gasteiger partial charge in [-0.25, -0.2) is 8.78 Å². The van der Waals surface area contributed by atoms with E-state index in [4.69, 9.17) is 0 Å². The van der Waals surface area contributed by atoms with Gasteiger partial charge in [0, 0.05) is 10.7 Å². The smallest absolute Gasteiger partial charge is 0.177 e. The number of aromatic nitrogens is 1. The van der Waals surface area contributed by atoms with Crippen molar-refractivity contribution in [3.8, 4) is 0 Å². The second-order valence-corrected chi connectivity index (χ2v) is 5.66. The summed E-state index contributed by atoms with van der Waals surface area (Å²) in [4.78, 5) is 16.6. The van der Waals surface area contributed by atoms with Gasteiger partial charge < -0.3 is 0 Å². The molecule has 0 saturated heterocycles. The van der Waals surface area contributed by atoms with E-state index in [1.165, 1.54) is 0 Å². The molecule has 1 aliphatic rings. The number of aryl methyl sites for hydroxylation is 1. The summed E-state index contributed by atoms with van der Waals surface area (Å²) in [5.74, 6) is -2.78. The van der Waals surface area contributed by atoms with Crippen LogP contribution in [0.15, 0.2) is 34.9 Å². The molecule has 1 aliphatic carbocycles. The lowest BCUT2D eigenvalue weighted by molar-refractivity contribution is 0.0949. The van der Waals surface area contributed by atoms with Crippen molar-refractivity contribution in [3.63, 3.8) is 0 Å². The maximum Gasteiger partial charge on any atom is 0.177 e. The minimum atomic E-state index is -0.841. The maximum absolute atomic E-state index is 13.9. The first-order valence-electron chi connectivity index (χ1n) is 6.20. The molecule has 1 atom stereocenters. The molecule has 0 spiro atoms. The molecule has 0 amide bonds. The zero-order chi connectivity index (χ0) is 14.3. The van der Waals surface area contributed by atoms with Gasteiger partial charge in [0.1, 0.15) is 11.6 Å². The van der Waals surface area contributed by atoms with Gasteiger partial charge in [-0.15, -0.1) is 0 Å². The molecular weight excluding hydrogens is 328 g/mol. The fraction of sp³-hybridized carbons (Fsp3) is 0.200. The summed E-state index contributed by atoms with van der Waals surface area (Å²) < 4.78 is 28.0. The summed E-state index contributed by atoms with van der Waals surface area (Å²) in [6, 6.07) is 5.89. The van der Waals surface area contributed by atoms with Gasteiger partial charge in [-0.3, -0.25) is 9.78 Å². The monoisotopic (exact) mass is 337 g/mol. The molecule has 2 aromatic rings. The van der Waals surface area contributed by atoms with Crippen LogP contribution in [-0.2, 0) is 6.42 Å². The zero-order valence-corrected chi connectivity index (χ0v) is 12.0. The second-order valence-electron chi connectivity index (χ2n) is 4.75. The van der Waals surface area contributed by atoms with Crippen LogP contribution in [0.1, 0.15) is 34.0 Å². The molecule has 0 fully saturated rings. The quantitative estimate of drug-likeness (QED) is 0.774. The highest BCUT2D eigenvalue weighted by Crippen LogP contribution is 2.35. The third-order valence-electron chi connectivity index (χ3n) is 3.53. The van der Waals surface area contributed by atoms with Gasteiger partial charge >= 0.3 is 0 Å². The van der Waals surface area contributed by atoms with Crippen LogP contribution in [0.2, 0.25) is 0 Å². The molecule has 5 heteroatoms. The average Bonchev–Trinajstić information content (AvgIpc) is 2.81. The van der Waals surface area contributed by atoms with E-state index < -0.39 is 28.9 Å². The molecule has 0 bridgehead atoms. The highest BCUT2D eigenvalue weighted by molar-refractivity contribution is 9.10. The molecule has 1 aromatic heterocycles. The van der Waals surface area contributed by atoms with E-state index in [1.54, 1.807) is 12.3 Å². The molecule has 102 valence electrons. The first-order valence-corrected chi connectivity index (χ1v) is 7.00. The lowest BCUT2D eigenvalue weighted by atomic mass is 9.94. The number of ketones is 1. The Balaban J connectivity index is 2.03. The normalized spacial score (nSPS) is 17.1. The third-order valence-corrected chi connectivity index (χ3v) is 3.99. The van der Waals surface area contributed by atoms with Crippen molar-refractivity contribution >= 4 is 21.7 Å². The van der Waals surface area contributed by atoms with Crippen LogP contribution < -0.4 is 0 Å². The van der Waals surface area contributed by atoms with E-state index in [9.17, 15) is 13.6 Å². The molecule has 1 heterocycles. The molecule has 1 unspecified atom stereocenters. The highest BCUT2D eigenvalue weighted by atomic mass is 79.9. The summed E-state index contributed by atoms with van der Waals surface area (Å²) >= 11 is 3.00. The van der Waals surface area contributed by atoms with Crippen molar-refractivity contribution in [2.45, 2.75) is 18.8 Å². The minimum Gasteiger partial charge on any atom is -0.293 e. The molecule has 20 heavy (non-hydrogen) atoms. The maximum atomic E-state index is 13.9. The SMILES string of the molecule is O=C(c1c(F)cc(Br)cc1F)C1CCc2cccnc21. The first kappa shape index (κ1) is 13.4. The van der Waals surface area contributed by atoms with E-state index in [1.807, 2.05) is 6.07 Å². The summed E-state index contributed by atoms with van der Waals surface area (Å²) in [7, 11) is 0. The molecule has 0 radical (unpaired) electrons. The topological polar surface area (TPSA) is 30.0 Å². The molecule has 1 aromatic carbocycles. The standard InChI is InChI=1S/C15H10BrF2NO/c16-9-6-11(17)13(12(18)7-9)15(20)10-4-3-8-2-1-5-19-14(8)10/h1-2,5-7,10H,3-4H2. The van der Waals surface area contributed by atoms with Crippen molar-refractivity contribution in [3.05, 3.63) is 63.4 Å². The number of carbonyl (C=O) groups excluding carboxylic acids is 1. The number of pyridine rings is 1. The minimum absolute atomic E-state index is 0.272. The summed E-state index contributed by atoms with van der Waals surface area (Å²) in [6.45, 7) is 0. The van der Waals surface area contributed by atoms with E-state index in [0.717, 1.165) is 17.7 Å². The number of rotatable bonds is 2. The summed E-state index contributed by atoms with van der Waals surface area (Å²) in [5.41, 5.74) is 1.14. The van der Waals surface area contributed by atoms with Gasteiger partial charge in [-0.1, -0.05) is 22.0 Å². The predicted octanol–water partition coefficient (Wildman–Crippen LogP) is 4.04. The van der Waals surface area contributed by atoms with Crippen LogP contribution in [0.5, 0.6) is 0 Å². The largest absolute Gasteiger partial charge is 0.293 e. The number of Topliss-reactive ketones (excluding diaryl/α,β-unsaturated/α-hetero) is 1. The number of hydrogen-bond donors (Lipinski definition) is 0.